The fourth-order valence-corrected chi connectivity index (χ4v) is 2.39. The fraction of sp³-hybridized carbons (Fsp3) is 0. The summed E-state index contributed by atoms with van der Waals surface area (Å²) < 4.78 is 31.5. The summed E-state index contributed by atoms with van der Waals surface area (Å²) in [6, 6.07) is 11.8. The van der Waals surface area contributed by atoms with Crippen molar-refractivity contribution < 1.29 is 22.9 Å². The van der Waals surface area contributed by atoms with Crippen molar-refractivity contribution in [3.05, 3.63) is 59.7 Å². The average molecular weight is 320 g/mol. The van der Waals surface area contributed by atoms with Crippen LogP contribution in [0, 0.1) is 0 Å². The maximum Gasteiger partial charge on any atom is 0.335 e. The van der Waals surface area contributed by atoms with Crippen molar-refractivity contribution in [2.24, 2.45) is 5.10 Å². The first-order valence-corrected chi connectivity index (χ1v) is 7.51. The van der Waals surface area contributed by atoms with Crippen molar-refractivity contribution in [3.63, 3.8) is 0 Å². The van der Waals surface area contributed by atoms with E-state index >= 15 is 0 Å². The first-order valence-electron chi connectivity index (χ1n) is 6.07. The highest BCUT2D eigenvalue weighted by Gasteiger charge is 2.12. The largest absolute Gasteiger partial charge is 0.478 e. The first kappa shape index (κ1) is 15.7. The summed E-state index contributed by atoms with van der Waals surface area (Å²) in [7, 11) is -4.34. The van der Waals surface area contributed by atoms with Gasteiger partial charge in [-0.1, -0.05) is 24.3 Å². The van der Waals surface area contributed by atoms with Crippen molar-refractivity contribution in [2.45, 2.75) is 4.90 Å². The van der Waals surface area contributed by atoms with Crippen LogP contribution >= 0.6 is 0 Å². The number of rotatable bonds is 5. The van der Waals surface area contributed by atoms with Gasteiger partial charge in [-0.15, -0.1) is 0 Å². The molecular formula is C14H12N2O5S. The van der Waals surface area contributed by atoms with Gasteiger partial charge in [0.1, 0.15) is 4.90 Å². The molecule has 0 amide bonds. The van der Waals surface area contributed by atoms with Crippen LogP contribution in [0.2, 0.25) is 0 Å². The highest BCUT2D eigenvalue weighted by Crippen LogP contribution is 2.14. The summed E-state index contributed by atoms with van der Waals surface area (Å²) >= 11 is 0. The molecular weight excluding hydrogens is 308 g/mol. The second-order valence-corrected chi connectivity index (χ2v) is 5.66. The molecule has 22 heavy (non-hydrogen) atoms. The van der Waals surface area contributed by atoms with E-state index < -0.39 is 16.1 Å². The fourth-order valence-electron chi connectivity index (χ4n) is 1.72. The van der Waals surface area contributed by atoms with E-state index in [1.807, 2.05) is 0 Å². The molecule has 0 unspecified atom stereocenters. The van der Waals surface area contributed by atoms with E-state index in [-0.39, 0.29) is 16.0 Å². The van der Waals surface area contributed by atoms with Gasteiger partial charge in [0.15, 0.2) is 0 Å². The second-order valence-electron chi connectivity index (χ2n) is 4.27. The molecule has 7 nitrogen and oxygen atoms in total. The molecule has 0 fully saturated rings. The number of hydrogen-bond donors (Lipinski definition) is 3. The molecule has 0 saturated heterocycles. The highest BCUT2D eigenvalue weighted by molar-refractivity contribution is 7.86. The Morgan fingerprint density at radius 3 is 2.55 bits per heavy atom. The lowest BCUT2D eigenvalue weighted by molar-refractivity contribution is 0.0697. The van der Waals surface area contributed by atoms with Crippen molar-refractivity contribution in [1.29, 1.82) is 0 Å². The Labute approximate surface area is 126 Å². The van der Waals surface area contributed by atoms with E-state index in [0.717, 1.165) is 0 Å². The van der Waals surface area contributed by atoms with Gasteiger partial charge in [0.05, 0.1) is 17.5 Å². The number of aromatic carboxylic acids is 1. The maximum atomic E-state index is 11.2. The molecule has 0 aliphatic heterocycles. The van der Waals surface area contributed by atoms with Crippen LogP contribution in [0.15, 0.2) is 58.5 Å². The third-order valence-corrected chi connectivity index (χ3v) is 3.63. The van der Waals surface area contributed by atoms with E-state index in [0.29, 0.717) is 5.69 Å². The van der Waals surface area contributed by atoms with Gasteiger partial charge in [-0.3, -0.25) is 9.98 Å². The highest BCUT2D eigenvalue weighted by atomic mass is 32.2. The number of hydrazone groups is 1. The van der Waals surface area contributed by atoms with E-state index in [9.17, 15) is 13.2 Å². The zero-order valence-electron chi connectivity index (χ0n) is 11.2. The molecule has 0 aliphatic rings. The van der Waals surface area contributed by atoms with Gasteiger partial charge < -0.3 is 5.11 Å². The number of nitrogens with zero attached hydrogens (tertiary/aromatic N) is 1. The Hall–Kier alpha value is -2.71. The molecule has 0 aliphatic carbocycles. The van der Waals surface area contributed by atoms with E-state index in [4.69, 9.17) is 9.66 Å². The number of anilines is 1. The summed E-state index contributed by atoms with van der Waals surface area (Å²) in [4.78, 5) is 10.6. The summed E-state index contributed by atoms with van der Waals surface area (Å²) in [5.41, 5.74) is 3.32. The lowest BCUT2D eigenvalue weighted by Crippen LogP contribution is -2.03. The molecule has 0 heterocycles. The lowest BCUT2D eigenvalue weighted by atomic mass is 10.2. The van der Waals surface area contributed by atoms with Crippen LogP contribution < -0.4 is 5.43 Å². The molecule has 0 radical (unpaired) electrons. The van der Waals surface area contributed by atoms with Crippen molar-refractivity contribution in [1.82, 2.24) is 0 Å². The van der Waals surface area contributed by atoms with Crippen LogP contribution in [0.3, 0.4) is 0 Å². The number of carboxylic acid groups (broad SMARTS) is 1. The SMILES string of the molecule is O=C(O)c1cccc(N/N=C/c2ccccc2S(=O)(=O)O)c1. The van der Waals surface area contributed by atoms with Crippen molar-refractivity contribution >= 4 is 28.0 Å². The molecule has 0 aromatic heterocycles. The Morgan fingerprint density at radius 1 is 1.14 bits per heavy atom. The van der Waals surface area contributed by atoms with Gasteiger partial charge >= 0.3 is 5.97 Å². The predicted octanol–water partition coefficient (Wildman–Crippen LogP) is 2.08. The standard InChI is InChI=1S/C14H12N2O5S/c17-14(18)10-5-3-6-12(8-10)16-15-9-11-4-1-2-7-13(11)22(19,20)21/h1-9,16H,(H,17,18)(H,19,20,21)/b15-9+. The topological polar surface area (TPSA) is 116 Å². The van der Waals surface area contributed by atoms with E-state index in [1.165, 1.54) is 36.5 Å². The molecule has 0 saturated carbocycles. The van der Waals surface area contributed by atoms with Gasteiger partial charge in [-0.2, -0.15) is 13.5 Å². The van der Waals surface area contributed by atoms with Gasteiger partial charge in [-0.05, 0) is 24.3 Å². The summed E-state index contributed by atoms with van der Waals surface area (Å²) in [5, 5.41) is 12.7. The zero-order chi connectivity index (χ0) is 16.2. The molecule has 2 aromatic carbocycles. The lowest BCUT2D eigenvalue weighted by Gasteiger charge is -2.03. The van der Waals surface area contributed by atoms with Crippen LogP contribution in [0.4, 0.5) is 5.69 Å². The van der Waals surface area contributed by atoms with Crippen LogP contribution in [-0.4, -0.2) is 30.3 Å². The molecule has 0 atom stereocenters. The minimum absolute atomic E-state index is 0.0959. The van der Waals surface area contributed by atoms with Crippen molar-refractivity contribution in [2.75, 3.05) is 5.43 Å². The molecule has 0 spiro atoms. The number of carbonyl (C=O) groups is 1. The molecule has 8 heteroatoms. The third kappa shape index (κ3) is 3.90. The van der Waals surface area contributed by atoms with Crippen LogP contribution in [0.5, 0.6) is 0 Å². The van der Waals surface area contributed by atoms with Gasteiger partial charge in [-0.25, -0.2) is 4.79 Å². The maximum absolute atomic E-state index is 11.2. The summed E-state index contributed by atoms with van der Waals surface area (Å²) in [6.07, 6.45) is 1.22. The number of carboxylic acids is 1. The normalized spacial score (nSPS) is 11.5. The number of hydrogen-bond acceptors (Lipinski definition) is 5. The molecule has 114 valence electrons. The van der Waals surface area contributed by atoms with Crippen LogP contribution in [-0.2, 0) is 10.1 Å². The van der Waals surface area contributed by atoms with E-state index in [1.54, 1.807) is 18.2 Å². The van der Waals surface area contributed by atoms with Crippen LogP contribution in [0.1, 0.15) is 15.9 Å². The summed E-state index contributed by atoms with van der Waals surface area (Å²) in [6.45, 7) is 0. The van der Waals surface area contributed by atoms with E-state index in [2.05, 4.69) is 10.5 Å². The smallest absolute Gasteiger partial charge is 0.335 e. The average Bonchev–Trinajstić information content (AvgIpc) is 2.47. The molecule has 2 rings (SSSR count). The zero-order valence-corrected chi connectivity index (χ0v) is 12.0. The number of benzene rings is 2. The monoisotopic (exact) mass is 320 g/mol. The molecule has 2 aromatic rings. The van der Waals surface area contributed by atoms with Gasteiger partial charge in [0.2, 0.25) is 0 Å². The summed E-state index contributed by atoms with van der Waals surface area (Å²) in [5.74, 6) is -1.07. The first-order chi connectivity index (χ1) is 10.4. The van der Waals surface area contributed by atoms with Crippen molar-refractivity contribution in [3.8, 4) is 0 Å². The quantitative estimate of drug-likeness (QED) is 0.441. The van der Waals surface area contributed by atoms with Gasteiger partial charge in [0, 0.05) is 5.56 Å². The van der Waals surface area contributed by atoms with Gasteiger partial charge in [0.25, 0.3) is 10.1 Å². The second kappa shape index (κ2) is 6.37. The number of nitrogens with one attached hydrogen (secondary N) is 1. The van der Waals surface area contributed by atoms with Crippen LogP contribution in [0.25, 0.3) is 0 Å². The third-order valence-electron chi connectivity index (χ3n) is 2.70. The Kier molecular flexibility index (Phi) is 4.54. The Balaban J connectivity index is 2.21. The minimum atomic E-state index is -4.34. The Morgan fingerprint density at radius 2 is 1.86 bits per heavy atom. The minimum Gasteiger partial charge on any atom is -0.478 e. The Bertz CT molecular complexity index is 831. The molecule has 3 N–H and O–H groups in total. The molecule has 0 bridgehead atoms. The predicted molar refractivity (Wildman–Crippen MR) is 80.9 cm³/mol.